The van der Waals surface area contributed by atoms with Gasteiger partial charge in [-0.05, 0) is 48.5 Å². The molecule has 0 radical (unpaired) electrons. The van der Waals surface area contributed by atoms with Crippen LogP contribution in [0.2, 0.25) is 0 Å². The maximum absolute atomic E-state index is 15.1. The Labute approximate surface area is 180 Å². The van der Waals surface area contributed by atoms with Gasteiger partial charge in [0.1, 0.15) is 17.5 Å². The van der Waals surface area contributed by atoms with Crippen molar-refractivity contribution < 1.29 is 18.4 Å². The number of thioether (sulfide) groups is 1. The minimum Gasteiger partial charge on any atom is -0.362 e. The molecule has 1 aliphatic heterocycles. The second-order valence-electron chi connectivity index (χ2n) is 6.77. The first-order chi connectivity index (χ1) is 14.9. The Morgan fingerprint density at radius 3 is 2.58 bits per heavy atom. The van der Waals surface area contributed by atoms with Crippen LogP contribution in [0.5, 0.6) is 0 Å². The summed E-state index contributed by atoms with van der Waals surface area (Å²) in [5.74, 6) is -1.03. The molecule has 31 heavy (non-hydrogen) atoms. The highest BCUT2D eigenvalue weighted by atomic mass is 32.2. The SMILES string of the molecule is CC(Nc1cncc(-c2cccc(C=C3SC(=O)NC3=O)c2F)n1)c1ccc(F)cc1. The highest BCUT2D eigenvalue weighted by molar-refractivity contribution is 8.18. The van der Waals surface area contributed by atoms with Crippen LogP contribution < -0.4 is 10.6 Å². The topological polar surface area (TPSA) is 84.0 Å². The van der Waals surface area contributed by atoms with Crippen LogP contribution >= 0.6 is 11.8 Å². The van der Waals surface area contributed by atoms with E-state index in [4.69, 9.17) is 0 Å². The molecule has 1 aromatic heterocycles. The van der Waals surface area contributed by atoms with E-state index >= 15 is 4.39 Å². The fourth-order valence-electron chi connectivity index (χ4n) is 3.04. The molecule has 156 valence electrons. The maximum Gasteiger partial charge on any atom is 0.290 e. The monoisotopic (exact) mass is 438 g/mol. The van der Waals surface area contributed by atoms with Gasteiger partial charge in [-0.1, -0.05) is 24.3 Å². The number of anilines is 1. The Morgan fingerprint density at radius 2 is 1.87 bits per heavy atom. The largest absolute Gasteiger partial charge is 0.362 e. The van der Waals surface area contributed by atoms with Crippen molar-refractivity contribution in [2.45, 2.75) is 13.0 Å². The number of hydrogen-bond acceptors (Lipinski definition) is 6. The number of aromatic nitrogens is 2. The van der Waals surface area contributed by atoms with E-state index in [0.29, 0.717) is 11.5 Å². The van der Waals surface area contributed by atoms with Crippen LogP contribution in [-0.4, -0.2) is 21.1 Å². The van der Waals surface area contributed by atoms with E-state index in [1.807, 2.05) is 6.92 Å². The van der Waals surface area contributed by atoms with Crippen molar-refractivity contribution in [2.24, 2.45) is 0 Å². The Hall–Kier alpha value is -3.59. The number of nitrogens with zero attached hydrogens (tertiary/aromatic N) is 2. The van der Waals surface area contributed by atoms with Gasteiger partial charge in [-0.15, -0.1) is 0 Å². The molecular formula is C22H16F2N4O2S. The van der Waals surface area contributed by atoms with Crippen molar-refractivity contribution in [3.05, 3.63) is 82.5 Å². The lowest BCUT2D eigenvalue weighted by Crippen LogP contribution is -2.17. The molecule has 1 saturated heterocycles. The number of halogens is 2. The molecule has 6 nitrogen and oxygen atoms in total. The Kier molecular flexibility index (Phi) is 5.77. The van der Waals surface area contributed by atoms with Crippen LogP contribution in [0.25, 0.3) is 17.3 Å². The first-order valence-electron chi connectivity index (χ1n) is 9.28. The van der Waals surface area contributed by atoms with Crippen molar-refractivity contribution in [1.29, 1.82) is 0 Å². The van der Waals surface area contributed by atoms with Gasteiger partial charge in [0.2, 0.25) is 0 Å². The standard InChI is InChI=1S/C22H16F2N4O2S/c1-12(13-5-7-15(23)8-6-13)26-19-11-25-10-17(27-19)16-4-2-3-14(20(16)24)9-18-21(29)28-22(30)31-18/h2-12H,1H3,(H,26,27)(H,28,29,30). The fourth-order valence-corrected chi connectivity index (χ4v) is 3.72. The molecule has 1 fully saturated rings. The van der Waals surface area contributed by atoms with Gasteiger partial charge in [-0.2, -0.15) is 0 Å². The van der Waals surface area contributed by atoms with E-state index in [1.54, 1.807) is 24.3 Å². The van der Waals surface area contributed by atoms with E-state index in [1.165, 1.54) is 36.7 Å². The van der Waals surface area contributed by atoms with Crippen LogP contribution in [0.1, 0.15) is 24.1 Å². The van der Waals surface area contributed by atoms with Crippen molar-refractivity contribution >= 4 is 34.8 Å². The minimum atomic E-state index is -0.583. The van der Waals surface area contributed by atoms with E-state index in [-0.39, 0.29) is 27.9 Å². The van der Waals surface area contributed by atoms with Crippen LogP contribution in [0.15, 0.2) is 59.8 Å². The van der Waals surface area contributed by atoms with Crippen LogP contribution in [-0.2, 0) is 4.79 Å². The molecule has 2 heterocycles. The zero-order valence-corrected chi connectivity index (χ0v) is 17.0. The summed E-state index contributed by atoms with van der Waals surface area (Å²) in [6, 6.07) is 10.6. The molecule has 0 aliphatic carbocycles. The van der Waals surface area contributed by atoms with Gasteiger partial charge in [0, 0.05) is 17.2 Å². The summed E-state index contributed by atoms with van der Waals surface area (Å²) in [5, 5.41) is 4.81. The molecule has 9 heteroatoms. The van der Waals surface area contributed by atoms with Crippen molar-refractivity contribution in [3.63, 3.8) is 0 Å². The molecule has 2 N–H and O–H groups in total. The second kappa shape index (κ2) is 8.65. The number of hydrogen-bond donors (Lipinski definition) is 2. The molecule has 0 spiro atoms. The number of carbonyl (C=O) groups excluding carboxylic acids is 2. The van der Waals surface area contributed by atoms with Gasteiger partial charge < -0.3 is 5.32 Å². The first-order valence-corrected chi connectivity index (χ1v) is 10.1. The molecule has 4 rings (SSSR count). The molecule has 0 bridgehead atoms. The quantitative estimate of drug-likeness (QED) is 0.550. The number of imide groups is 1. The number of rotatable bonds is 5. The number of nitrogens with one attached hydrogen (secondary N) is 2. The summed E-state index contributed by atoms with van der Waals surface area (Å²) < 4.78 is 28.3. The summed E-state index contributed by atoms with van der Waals surface area (Å²) >= 11 is 0.720. The number of amides is 2. The zero-order valence-electron chi connectivity index (χ0n) is 16.2. The van der Waals surface area contributed by atoms with Crippen LogP contribution in [0, 0.1) is 11.6 Å². The highest BCUT2D eigenvalue weighted by Crippen LogP contribution is 2.30. The van der Waals surface area contributed by atoms with E-state index in [0.717, 1.165) is 17.3 Å². The lowest BCUT2D eigenvalue weighted by molar-refractivity contribution is -0.115. The summed E-state index contributed by atoms with van der Waals surface area (Å²) in [7, 11) is 0. The normalized spacial score (nSPS) is 15.8. The molecule has 1 unspecified atom stereocenters. The maximum atomic E-state index is 15.1. The van der Waals surface area contributed by atoms with Gasteiger partial charge in [0.05, 0.1) is 23.0 Å². The smallest absolute Gasteiger partial charge is 0.290 e. The van der Waals surface area contributed by atoms with Crippen LogP contribution in [0.4, 0.5) is 19.4 Å². The molecule has 1 atom stereocenters. The average Bonchev–Trinajstić information content (AvgIpc) is 3.07. The molecule has 0 saturated carbocycles. The Bertz CT molecular complexity index is 1200. The summed E-state index contributed by atoms with van der Waals surface area (Å²) in [6.07, 6.45) is 4.28. The van der Waals surface area contributed by atoms with Gasteiger partial charge in [0.25, 0.3) is 11.1 Å². The minimum absolute atomic E-state index is 0.121. The van der Waals surface area contributed by atoms with Gasteiger partial charge in [-0.3, -0.25) is 19.9 Å². The molecule has 1 aliphatic rings. The highest BCUT2D eigenvalue weighted by Gasteiger charge is 2.25. The summed E-state index contributed by atoms with van der Waals surface area (Å²) in [5.41, 5.74) is 1.52. The molecule has 2 aromatic carbocycles. The zero-order chi connectivity index (χ0) is 22.0. The molecule has 3 aromatic rings. The van der Waals surface area contributed by atoms with E-state index < -0.39 is 17.0 Å². The van der Waals surface area contributed by atoms with Gasteiger partial charge >= 0.3 is 0 Å². The fraction of sp³-hybridized carbons (Fsp3) is 0.0909. The summed E-state index contributed by atoms with van der Waals surface area (Å²) in [6.45, 7) is 1.89. The number of carbonyl (C=O) groups is 2. The Morgan fingerprint density at radius 1 is 1.10 bits per heavy atom. The third-order valence-corrected chi connectivity index (χ3v) is 5.41. The molecular weight excluding hydrogens is 422 g/mol. The third-order valence-electron chi connectivity index (χ3n) is 4.60. The lowest BCUT2D eigenvalue weighted by Gasteiger charge is -2.15. The van der Waals surface area contributed by atoms with E-state index in [2.05, 4.69) is 20.6 Å². The average molecular weight is 438 g/mol. The van der Waals surface area contributed by atoms with Crippen molar-refractivity contribution in [2.75, 3.05) is 5.32 Å². The van der Waals surface area contributed by atoms with Gasteiger partial charge in [-0.25, -0.2) is 13.8 Å². The van der Waals surface area contributed by atoms with Gasteiger partial charge in [0.15, 0.2) is 0 Å². The van der Waals surface area contributed by atoms with Crippen molar-refractivity contribution in [1.82, 2.24) is 15.3 Å². The molecule has 2 amide bonds. The van der Waals surface area contributed by atoms with Crippen molar-refractivity contribution in [3.8, 4) is 11.3 Å². The van der Waals surface area contributed by atoms with Crippen LogP contribution in [0.3, 0.4) is 0 Å². The predicted octanol–water partition coefficient (Wildman–Crippen LogP) is 4.92. The number of benzene rings is 2. The Balaban J connectivity index is 1.60. The first kappa shape index (κ1) is 20.7. The predicted molar refractivity (Wildman–Crippen MR) is 115 cm³/mol. The summed E-state index contributed by atoms with van der Waals surface area (Å²) in [4.78, 5) is 31.8. The third kappa shape index (κ3) is 4.61. The second-order valence-corrected chi connectivity index (χ2v) is 7.78. The van der Waals surface area contributed by atoms with E-state index in [9.17, 15) is 14.0 Å². The lowest BCUT2D eigenvalue weighted by atomic mass is 10.1.